The average molecular weight is 193 g/mol. The van der Waals surface area contributed by atoms with Gasteiger partial charge in [-0.1, -0.05) is 38.0 Å². The summed E-state index contributed by atoms with van der Waals surface area (Å²) < 4.78 is 0. The van der Waals surface area contributed by atoms with Crippen LogP contribution >= 0.6 is 0 Å². The van der Waals surface area contributed by atoms with E-state index in [1.165, 1.54) is 24.8 Å². The van der Waals surface area contributed by atoms with Crippen LogP contribution in [0, 0.1) is 5.41 Å². The van der Waals surface area contributed by atoms with E-state index >= 15 is 0 Å². The van der Waals surface area contributed by atoms with E-state index in [4.69, 9.17) is 0 Å². The van der Waals surface area contributed by atoms with E-state index in [-0.39, 0.29) is 5.41 Å². The smallest absolute Gasteiger partial charge is 0.0423 e. The van der Waals surface area contributed by atoms with Gasteiger partial charge >= 0.3 is 0 Å². The molecule has 2 unspecified atom stereocenters. The Morgan fingerprint density at radius 3 is 2.57 bits per heavy atom. The number of hydrogen-bond acceptors (Lipinski definition) is 1. The molecule has 1 rings (SSSR count). The van der Waals surface area contributed by atoms with Crippen LogP contribution in [0.25, 0.3) is 0 Å². The zero-order valence-corrected chi connectivity index (χ0v) is 9.77. The molecular formula is C13H23N. The fourth-order valence-corrected chi connectivity index (χ4v) is 2.16. The molecule has 0 fully saturated rings. The summed E-state index contributed by atoms with van der Waals surface area (Å²) >= 11 is 0. The van der Waals surface area contributed by atoms with Gasteiger partial charge in [0.1, 0.15) is 0 Å². The van der Waals surface area contributed by atoms with Crippen molar-refractivity contribution in [2.45, 2.75) is 46.1 Å². The van der Waals surface area contributed by atoms with Crippen molar-refractivity contribution in [2.24, 2.45) is 5.41 Å². The van der Waals surface area contributed by atoms with Gasteiger partial charge in [-0.15, -0.1) is 6.58 Å². The lowest BCUT2D eigenvalue weighted by Crippen LogP contribution is -2.38. The quantitative estimate of drug-likeness (QED) is 0.483. The van der Waals surface area contributed by atoms with E-state index in [1.54, 1.807) is 0 Å². The molecule has 0 aromatic heterocycles. The van der Waals surface area contributed by atoms with E-state index < -0.39 is 0 Å². The summed E-state index contributed by atoms with van der Waals surface area (Å²) in [6.07, 6.45) is 8.12. The Morgan fingerprint density at radius 2 is 2.21 bits per heavy atom. The average Bonchev–Trinajstić information content (AvgIpc) is 2.86. The van der Waals surface area contributed by atoms with Gasteiger partial charge in [-0.2, -0.15) is 0 Å². The van der Waals surface area contributed by atoms with Crippen molar-refractivity contribution in [3.8, 4) is 0 Å². The second-order valence-electron chi connectivity index (χ2n) is 4.23. The first kappa shape index (κ1) is 11.5. The summed E-state index contributed by atoms with van der Waals surface area (Å²) in [6.45, 7) is 11.8. The normalized spacial score (nSPS) is 26.9. The third kappa shape index (κ3) is 2.09. The van der Waals surface area contributed by atoms with E-state index in [9.17, 15) is 0 Å². The van der Waals surface area contributed by atoms with E-state index in [0.717, 1.165) is 6.54 Å². The van der Waals surface area contributed by atoms with Crippen LogP contribution in [0.3, 0.4) is 0 Å². The first-order chi connectivity index (χ1) is 6.71. The largest absolute Gasteiger partial charge is 0.312 e. The molecule has 80 valence electrons. The zero-order chi connectivity index (χ0) is 10.6. The van der Waals surface area contributed by atoms with Crippen LogP contribution in [0.5, 0.6) is 0 Å². The summed E-state index contributed by atoms with van der Waals surface area (Å²) in [5.74, 6) is 0. The predicted molar refractivity (Wildman–Crippen MR) is 63.4 cm³/mol. The second kappa shape index (κ2) is 4.79. The van der Waals surface area contributed by atoms with Gasteiger partial charge in [0.05, 0.1) is 0 Å². The number of rotatable bonds is 7. The molecule has 0 radical (unpaired) electrons. The molecule has 0 spiro atoms. The Hall–Kier alpha value is -0.560. The van der Waals surface area contributed by atoms with Crippen LogP contribution in [0.1, 0.15) is 40.0 Å². The van der Waals surface area contributed by atoms with Gasteiger partial charge < -0.3 is 5.32 Å². The van der Waals surface area contributed by atoms with Crippen molar-refractivity contribution in [2.75, 3.05) is 6.54 Å². The van der Waals surface area contributed by atoms with Gasteiger partial charge in [-0.05, 0) is 26.3 Å². The van der Waals surface area contributed by atoms with Crippen LogP contribution in [0.15, 0.2) is 24.3 Å². The molecule has 0 saturated carbocycles. The molecule has 0 saturated heterocycles. The highest BCUT2D eigenvalue weighted by molar-refractivity contribution is 5.45. The molecule has 0 aromatic rings. The lowest BCUT2D eigenvalue weighted by Gasteiger charge is -2.26. The molecule has 0 aromatic carbocycles. The third-order valence-electron chi connectivity index (χ3n) is 3.30. The Morgan fingerprint density at radius 1 is 1.57 bits per heavy atom. The SMILES string of the molecule is C=CC1(C(CC)NCCCC)C=C1C. The Balaban J connectivity index is 2.42. The molecular weight excluding hydrogens is 170 g/mol. The molecule has 0 aliphatic heterocycles. The summed E-state index contributed by atoms with van der Waals surface area (Å²) in [6, 6.07) is 0.562. The molecule has 0 bridgehead atoms. The van der Waals surface area contributed by atoms with Gasteiger partial charge in [0.2, 0.25) is 0 Å². The Bertz CT molecular complexity index is 229. The molecule has 0 heterocycles. The van der Waals surface area contributed by atoms with Crippen molar-refractivity contribution < 1.29 is 0 Å². The van der Waals surface area contributed by atoms with Crippen LogP contribution in [0.2, 0.25) is 0 Å². The van der Waals surface area contributed by atoms with Gasteiger partial charge in [-0.25, -0.2) is 0 Å². The lowest BCUT2D eigenvalue weighted by molar-refractivity contribution is 0.397. The molecule has 0 amide bonds. The topological polar surface area (TPSA) is 12.0 Å². The molecule has 2 atom stereocenters. The molecule has 1 aliphatic rings. The van der Waals surface area contributed by atoms with Crippen molar-refractivity contribution in [3.05, 3.63) is 24.3 Å². The highest BCUT2D eigenvalue weighted by Gasteiger charge is 2.43. The fraction of sp³-hybridized carbons (Fsp3) is 0.692. The standard InChI is InChI=1S/C13H23N/c1-5-8-9-14-12(6-2)13(7-3)10-11(13)4/h7,10,12,14H,3,5-6,8-9H2,1-2,4H3. The lowest BCUT2D eigenvalue weighted by atomic mass is 9.89. The number of unbranched alkanes of at least 4 members (excludes halogenated alkanes) is 1. The summed E-state index contributed by atoms with van der Waals surface area (Å²) in [5, 5.41) is 3.63. The Kier molecular flexibility index (Phi) is 3.94. The predicted octanol–water partition coefficient (Wildman–Crippen LogP) is 3.29. The maximum absolute atomic E-state index is 3.95. The van der Waals surface area contributed by atoms with E-state index in [2.05, 4.69) is 44.8 Å². The van der Waals surface area contributed by atoms with Crippen LogP contribution < -0.4 is 5.32 Å². The maximum atomic E-state index is 3.95. The maximum Gasteiger partial charge on any atom is 0.0423 e. The van der Waals surface area contributed by atoms with Gasteiger partial charge in [0.15, 0.2) is 0 Å². The minimum Gasteiger partial charge on any atom is -0.312 e. The molecule has 1 nitrogen and oxygen atoms in total. The van der Waals surface area contributed by atoms with Gasteiger partial charge in [-0.3, -0.25) is 0 Å². The number of nitrogens with one attached hydrogen (secondary N) is 1. The zero-order valence-electron chi connectivity index (χ0n) is 9.77. The summed E-state index contributed by atoms with van der Waals surface area (Å²) in [4.78, 5) is 0. The van der Waals surface area contributed by atoms with E-state index in [0.29, 0.717) is 6.04 Å². The monoisotopic (exact) mass is 193 g/mol. The second-order valence-corrected chi connectivity index (χ2v) is 4.23. The molecule has 1 aliphatic carbocycles. The highest BCUT2D eigenvalue weighted by Crippen LogP contribution is 2.48. The first-order valence-electron chi connectivity index (χ1n) is 5.78. The third-order valence-corrected chi connectivity index (χ3v) is 3.30. The summed E-state index contributed by atoms with van der Waals surface area (Å²) in [5.41, 5.74) is 1.69. The van der Waals surface area contributed by atoms with Crippen molar-refractivity contribution in [1.82, 2.24) is 5.32 Å². The van der Waals surface area contributed by atoms with Gasteiger partial charge in [0.25, 0.3) is 0 Å². The highest BCUT2D eigenvalue weighted by atomic mass is 14.9. The summed E-state index contributed by atoms with van der Waals surface area (Å²) in [7, 11) is 0. The van der Waals surface area contributed by atoms with Crippen molar-refractivity contribution in [1.29, 1.82) is 0 Å². The molecule has 14 heavy (non-hydrogen) atoms. The Labute approximate surface area is 88.3 Å². The molecule has 1 N–H and O–H groups in total. The van der Waals surface area contributed by atoms with E-state index in [1.807, 2.05) is 0 Å². The van der Waals surface area contributed by atoms with Gasteiger partial charge in [0, 0.05) is 11.5 Å². The van der Waals surface area contributed by atoms with Crippen LogP contribution in [-0.2, 0) is 0 Å². The fourth-order valence-electron chi connectivity index (χ4n) is 2.16. The molecule has 1 heteroatoms. The minimum absolute atomic E-state index is 0.211. The minimum atomic E-state index is 0.211. The number of hydrogen-bond donors (Lipinski definition) is 1. The van der Waals surface area contributed by atoms with Crippen molar-refractivity contribution in [3.63, 3.8) is 0 Å². The van der Waals surface area contributed by atoms with Crippen LogP contribution in [0.4, 0.5) is 0 Å². The first-order valence-corrected chi connectivity index (χ1v) is 5.78. The van der Waals surface area contributed by atoms with Crippen molar-refractivity contribution >= 4 is 0 Å². The van der Waals surface area contributed by atoms with Crippen LogP contribution in [-0.4, -0.2) is 12.6 Å².